The van der Waals surface area contributed by atoms with Crippen LogP contribution in [0.1, 0.15) is 18.2 Å². The molecule has 1 N–H and O–H groups in total. The Morgan fingerprint density at radius 3 is 2.29 bits per heavy atom. The van der Waals surface area contributed by atoms with Gasteiger partial charge in [-0.2, -0.15) is 4.68 Å². The number of rotatable bonds is 6. The van der Waals surface area contributed by atoms with Crippen molar-refractivity contribution < 1.29 is 14.6 Å². The van der Waals surface area contributed by atoms with Crippen LogP contribution in [0.2, 0.25) is 0 Å². The first-order valence-corrected chi connectivity index (χ1v) is 7.08. The van der Waals surface area contributed by atoms with E-state index in [9.17, 15) is 25.0 Å². The molecular formula is C14H15N5O5. The monoisotopic (exact) mass is 333 g/mol. The van der Waals surface area contributed by atoms with E-state index in [0.717, 1.165) is 16.7 Å². The van der Waals surface area contributed by atoms with Crippen LogP contribution in [0.15, 0.2) is 24.3 Å². The molecule has 0 spiro atoms. The van der Waals surface area contributed by atoms with Gasteiger partial charge in [-0.1, -0.05) is 19.1 Å². The topological polar surface area (TPSA) is 133 Å². The van der Waals surface area contributed by atoms with Crippen LogP contribution in [0.25, 0.3) is 0 Å². The maximum absolute atomic E-state index is 12.0. The molecule has 126 valence electrons. The number of nitrogens with one attached hydrogen (secondary N) is 1. The summed E-state index contributed by atoms with van der Waals surface area (Å²) in [5.74, 6) is -1.37. The van der Waals surface area contributed by atoms with Gasteiger partial charge in [0.1, 0.15) is 12.2 Å². The molecule has 0 aliphatic heterocycles. The summed E-state index contributed by atoms with van der Waals surface area (Å²) < 4.78 is 0.950. The molecule has 1 amide bonds. The average Bonchev–Trinajstić information content (AvgIpc) is 2.85. The summed E-state index contributed by atoms with van der Waals surface area (Å²) in [4.78, 5) is 32.0. The number of carbonyl (C=O) groups is 1. The second kappa shape index (κ2) is 6.86. The van der Waals surface area contributed by atoms with E-state index in [4.69, 9.17) is 0 Å². The molecule has 0 unspecified atom stereocenters. The van der Waals surface area contributed by atoms with Gasteiger partial charge in [0.25, 0.3) is 0 Å². The minimum atomic E-state index is -0.941. The molecule has 0 aliphatic carbocycles. The largest absolute Gasteiger partial charge is 0.468 e. The Balaban J connectivity index is 2.18. The lowest BCUT2D eigenvalue weighted by atomic mass is 10.1. The van der Waals surface area contributed by atoms with Crippen LogP contribution in [0, 0.1) is 27.2 Å². The highest BCUT2D eigenvalue weighted by molar-refractivity contribution is 5.90. The van der Waals surface area contributed by atoms with Crippen molar-refractivity contribution >= 4 is 23.1 Å². The van der Waals surface area contributed by atoms with Gasteiger partial charge in [-0.15, -0.1) is 0 Å². The molecule has 0 aliphatic rings. The van der Waals surface area contributed by atoms with Gasteiger partial charge >= 0.3 is 11.5 Å². The van der Waals surface area contributed by atoms with Crippen molar-refractivity contribution in [1.82, 2.24) is 9.78 Å². The van der Waals surface area contributed by atoms with Crippen LogP contribution in [-0.4, -0.2) is 25.5 Å². The molecule has 1 aromatic heterocycles. The SMILES string of the molecule is CCc1ccc(NC(=O)Cn2nc([N+](=O)[O-])c([N+](=O)[O-])c2C)cc1. The summed E-state index contributed by atoms with van der Waals surface area (Å²) in [5, 5.41) is 28.0. The van der Waals surface area contributed by atoms with Crippen molar-refractivity contribution in [3.8, 4) is 0 Å². The van der Waals surface area contributed by atoms with E-state index >= 15 is 0 Å². The lowest BCUT2D eigenvalue weighted by Crippen LogP contribution is -2.20. The van der Waals surface area contributed by atoms with E-state index in [1.807, 2.05) is 19.1 Å². The summed E-state index contributed by atoms with van der Waals surface area (Å²) in [6, 6.07) is 7.20. The smallest absolute Gasteiger partial charge is 0.358 e. The van der Waals surface area contributed by atoms with Gasteiger partial charge in [0, 0.05) is 5.69 Å². The van der Waals surface area contributed by atoms with Crippen molar-refractivity contribution in [2.24, 2.45) is 0 Å². The number of anilines is 1. The highest BCUT2D eigenvalue weighted by Gasteiger charge is 2.35. The summed E-state index contributed by atoms with van der Waals surface area (Å²) in [7, 11) is 0. The zero-order chi connectivity index (χ0) is 17.9. The second-order valence-corrected chi connectivity index (χ2v) is 5.03. The molecule has 0 atom stereocenters. The van der Waals surface area contributed by atoms with Crippen molar-refractivity contribution in [2.45, 2.75) is 26.8 Å². The predicted molar refractivity (Wildman–Crippen MR) is 84.7 cm³/mol. The molecule has 0 fully saturated rings. The minimum absolute atomic E-state index is 0.0526. The summed E-state index contributed by atoms with van der Waals surface area (Å²) >= 11 is 0. The standard InChI is InChI=1S/C14H15N5O5/c1-3-10-4-6-11(7-5-10)15-12(20)8-17-9(2)13(18(21)22)14(16-17)19(23)24/h4-7H,3,8H2,1-2H3,(H,15,20). The molecule has 0 bridgehead atoms. The maximum atomic E-state index is 12.0. The van der Waals surface area contributed by atoms with Crippen molar-refractivity contribution in [3.05, 3.63) is 55.8 Å². The van der Waals surface area contributed by atoms with Crippen LogP contribution >= 0.6 is 0 Å². The van der Waals surface area contributed by atoms with E-state index in [0.29, 0.717) is 5.69 Å². The second-order valence-electron chi connectivity index (χ2n) is 5.03. The van der Waals surface area contributed by atoms with E-state index in [-0.39, 0.29) is 12.2 Å². The van der Waals surface area contributed by atoms with Crippen LogP contribution < -0.4 is 5.32 Å². The van der Waals surface area contributed by atoms with E-state index < -0.39 is 27.3 Å². The lowest BCUT2D eigenvalue weighted by molar-refractivity contribution is -0.424. The first-order valence-electron chi connectivity index (χ1n) is 7.08. The number of benzene rings is 1. The molecule has 0 saturated carbocycles. The fourth-order valence-electron chi connectivity index (χ4n) is 2.17. The highest BCUT2D eigenvalue weighted by Crippen LogP contribution is 2.29. The molecule has 24 heavy (non-hydrogen) atoms. The number of nitro groups is 2. The number of carbonyl (C=O) groups excluding carboxylic acids is 1. The quantitative estimate of drug-likeness (QED) is 0.636. The molecule has 10 nitrogen and oxygen atoms in total. The molecular weight excluding hydrogens is 318 g/mol. The zero-order valence-corrected chi connectivity index (χ0v) is 13.1. The van der Waals surface area contributed by atoms with E-state index in [2.05, 4.69) is 10.4 Å². The minimum Gasteiger partial charge on any atom is -0.358 e. The fraction of sp³-hybridized carbons (Fsp3) is 0.286. The van der Waals surface area contributed by atoms with Crippen LogP contribution in [-0.2, 0) is 17.8 Å². The Bertz CT molecular complexity index is 797. The number of amides is 1. The Morgan fingerprint density at radius 1 is 1.21 bits per heavy atom. The first-order chi connectivity index (χ1) is 11.3. The Kier molecular flexibility index (Phi) is 4.87. The zero-order valence-electron chi connectivity index (χ0n) is 13.1. The average molecular weight is 333 g/mol. The first kappa shape index (κ1) is 17.1. The number of hydrogen-bond donors (Lipinski definition) is 1. The van der Waals surface area contributed by atoms with Gasteiger partial charge < -0.3 is 15.4 Å². The van der Waals surface area contributed by atoms with Crippen LogP contribution in [0.5, 0.6) is 0 Å². The van der Waals surface area contributed by atoms with Crippen LogP contribution in [0.4, 0.5) is 17.2 Å². The molecule has 10 heteroatoms. The molecule has 1 aromatic carbocycles. The molecule has 2 rings (SSSR count). The van der Waals surface area contributed by atoms with Crippen molar-refractivity contribution in [2.75, 3.05) is 5.32 Å². The lowest BCUT2D eigenvalue weighted by Gasteiger charge is -2.05. The van der Waals surface area contributed by atoms with Gasteiger partial charge in [-0.05, 0) is 36.0 Å². The molecule has 1 heterocycles. The number of aromatic nitrogens is 2. The fourth-order valence-corrected chi connectivity index (χ4v) is 2.17. The van der Waals surface area contributed by atoms with Gasteiger partial charge in [0.15, 0.2) is 0 Å². The normalized spacial score (nSPS) is 10.4. The number of aryl methyl sites for hydroxylation is 1. The highest BCUT2D eigenvalue weighted by atomic mass is 16.6. The van der Waals surface area contributed by atoms with Gasteiger partial charge in [0.05, 0.1) is 10.0 Å². The maximum Gasteiger partial charge on any atom is 0.468 e. The Morgan fingerprint density at radius 2 is 1.83 bits per heavy atom. The summed E-state index contributed by atoms with van der Waals surface area (Å²) in [6.07, 6.45) is 0.869. The van der Waals surface area contributed by atoms with Gasteiger partial charge in [0.2, 0.25) is 5.91 Å². The van der Waals surface area contributed by atoms with Crippen LogP contribution in [0.3, 0.4) is 0 Å². The Hall–Kier alpha value is -3.30. The summed E-state index contributed by atoms with van der Waals surface area (Å²) in [5.41, 5.74) is 0.913. The van der Waals surface area contributed by atoms with Gasteiger partial charge in [-0.3, -0.25) is 14.9 Å². The van der Waals surface area contributed by atoms with E-state index in [1.54, 1.807) is 12.1 Å². The van der Waals surface area contributed by atoms with Gasteiger partial charge in [-0.25, -0.2) is 0 Å². The third-order valence-corrected chi connectivity index (χ3v) is 3.45. The summed E-state index contributed by atoms with van der Waals surface area (Å²) in [6.45, 7) is 2.95. The number of hydrogen-bond acceptors (Lipinski definition) is 6. The van der Waals surface area contributed by atoms with Crippen molar-refractivity contribution in [3.63, 3.8) is 0 Å². The third kappa shape index (κ3) is 3.54. The van der Waals surface area contributed by atoms with Crippen molar-refractivity contribution in [1.29, 1.82) is 0 Å². The molecule has 2 aromatic rings. The predicted octanol–water partition coefficient (Wildman–Crippen LogP) is 2.21. The molecule has 0 radical (unpaired) electrons. The molecule has 0 saturated heterocycles. The van der Waals surface area contributed by atoms with E-state index in [1.165, 1.54) is 6.92 Å². The Labute approximate surface area is 136 Å². The number of nitrogens with zero attached hydrogens (tertiary/aromatic N) is 4. The third-order valence-electron chi connectivity index (χ3n) is 3.45.